The first-order valence-electron chi connectivity index (χ1n) is 5.20. The first kappa shape index (κ1) is 11.9. The van der Waals surface area contributed by atoms with Gasteiger partial charge >= 0.3 is 0 Å². The molecular formula is C10H24N2. The fraction of sp³-hybridized carbons (Fsp3) is 1.00. The van der Waals surface area contributed by atoms with Crippen molar-refractivity contribution < 1.29 is 0 Å². The van der Waals surface area contributed by atoms with Crippen molar-refractivity contribution in [1.29, 1.82) is 0 Å². The lowest BCUT2D eigenvalue weighted by Crippen LogP contribution is -2.30. The minimum Gasteiger partial charge on any atom is -0.330 e. The van der Waals surface area contributed by atoms with E-state index in [0.717, 1.165) is 19.0 Å². The Hall–Kier alpha value is -0.0800. The Morgan fingerprint density at radius 2 is 1.25 bits per heavy atom. The summed E-state index contributed by atoms with van der Waals surface area (Å²) in [4.78, 5) is 0. The van der Waals surface area contributed by atoms with E-state index in [1.807, 2.05) is 0 Å². The SMILES string of the molecule is CCCC(CCC)C(CN)CN. The third kappa shape index (κ3) is 4.07. The average Bonchev–Trinajstić information content (AvgIpc) is 2.07. The lowest BCUT2D eigenvalue weighted by atomic mass is 9.85. The maximum absolute atomic E-state index is 5.66. The number of nitrogens with two attached hydrogens (primary N) is 2. The summed E-state index contributed by atoms with van der Waals surface area (Å²) >= 11 is 0. The van der Waals surface area contributed by atoms with Crippen molar-refractivity contribution in [3.8, 4) is 0 Å². The van der Waals surface area contributed by atoms with E-state index in [1.165, 1.54) is 25.7 Å². The summed E-state index contributed by atoms with van der Waals surface area (Å²) in [6.45, 7) is 5.96. The topological polar surface area (TPSA) is 52.0 Å². The summed E-state index contributed by atoms with van der Waals surface area (Å²) in [6, 6.07) is 0. The molecule has 0 unspecified atom stereocenters. The van der Waals surface area contributed by atoms with Gasteiger partial charge in [0.25, 0.3) is 0 Å². The van der Waals surface area contributed by atoms with Crippen molar-refractivity contribution in [2.75, 3.05) is 13.1 Å². The molecule has 0 rings (SSSR count). The van der Waals surface area contributed by atoms with Crippen LogP contribution in [0, 0.1) is 11.8 Å². The predicted molar refractivity (Wildman–Crippen MR) is 54.9 cm³/mol. The average molecular weight is 172 g/mol. The number of hydrogen-bond acceptors (Lipinski definition) is 2. The molecule has 12 heavy (non-hydrogen) atoms. The molecule has 4 N–H and O–H groups in total. The third-order valence-corrected chi connectivity index (χ3v) is 2.59. The van der Waals surface area contributed by atoms with Crippen LogP contribution in [0.5, 0.6) is 0 Å². The van der Waals surface area contributed by atoms with Gasteiger partial charge in [-0.1, -0.05) is 39.5 Å². The number of hydrogen-bond donors (Lipinski definition) is 2. The Morgan fingerprint density at radius 3 is 1.50 bits per heavy atom. The van der Waals surface area contributed by atoms with Crippen LogP contribution in [-0.4, -0.2) is 13.1 Å². The van der Waals surface area contributed by atoms with Crippen LogP contribution < -0.4 is 11.5 Å². The Morgan fingerprint density at radius 1 is 0.833 bits per heavy atom. The molecule has 0 aromatic carbocycles. The van der Waals surface area contributed by atoms with Crippen LogP contribution in [0.15, 0.2) is 0 Å². The fourth-order valence-electron chi connectivity index (χ4n) is 1.84. The summed E-state index contributed by atoms with van der Waals surface area (Å²) in [6.07, 6.45) is 5.07. The molecule has 74 valence electrons. The van der Waals surface area contributed by atoms with E-state index in [9.17, 15) is 0 Å². The van der Waals surface area contributed by atoms with Crippen LogP contribution in [0.4, 0.5) is 0 Å². The van der Waals surface area contributed by atoms with E-state index in [2.05, 4.69) is 13.8 Å². The first-order chi connectivity index (χ1) is 5.79. The standard InChI is InChI=1S/C10H24N2/c1-3-5-9(6-4-2)10(7-11)8-12/h9-10H,3-8,11-12H2,1-2H3. The molecule has 0 fully saturated rings. The summed E-state index contributed by atoms with van der Waals surface area (Å²) in [5.74, 6) is 1.31. The van der Waals surface area contributed by atoms with E-state index in [-0.39, 0.29) is 0 Å². The van der Waals surface area contributed by atoms with Crippen LogP contribution in [0.25, 0.3) is 0 Å². The van der Waals surface area contributed by atoms with Crippen molar-refractivity contribution in [3.05, 3.63) is 0 Å². The molecule has 0 spiro atoms. The monoisotopic (exact) mass is 172 g/mol. The van der Waals surface area contributed by atoms with Crippen LogP contribution in [0.2, 0.25) is 0 Å². The third-order valence-electron chi connectivity index (χ3n) is 2.59. The molecule has 0 aliphatic carbocycles. The highest BCUT2D eigenvalue weighted by atomic mass is 14.6. The van der Waals surface area contributed by atoms with Crippen molar-refractivity contribution in [2.45, 2.75) is 39.5 Å². The van der Waals surface area contributed by atoms with Gasteiger partial charge in [-0.2, -0.15) is 0 Å². The van der Waals surface area contributed by atoms with Crippen molar-refractivity contribution in [2.24, 2.45) is 23.3 Å². The molecule has 2 heteroatoms. The Balaban J connectivity index is 3.86. The maximum Gasteiger partial charge on any atom is -0.00341 e. The van der Waals surface area contributed by atoms with Crippen LogP contribution in [0.1, 0.15) is 39.5 Å². The molecule has 0 aromatic heterocycles. The first-order valence-corrected chi connectivity index (χ1v) is 5.20. The lowest BCUT2D eigenvalue weighted by molar-refractivity contribution is 0.302. The lowest BCUT2D eigenvalue weighted by Gasteiger charge is -2.23. The zero-order valence-corrected chi connectivity index (χ0v) is 8.55. The van der Waals surface area contributed by atoms with Gasteiger partial charge < -0.3 is 11.5 Å². The second kappa shape index (κ2) is 7.56. The van der Waals surface area contributed by atoms with Crippen molar-refractivity contribution in [1.82, 2.24) is 0 Å². The minimum absolute atomic E-state index is 0.546. The zero-order chi connectivity index (χ0) is 9.40. The van der Waals surface area contributed by atoms with E-state index < -0.39 is 0 Å². The molecule has 0 aromatic rings. The molecule has 0 bridgehead atoms. The predicted octanol–water partition coefficient (Wildman–Crippen LogP) is 1.74. The summed E-state index contributed by atoms with van der Waals surface area (Å²) in [5.41, 5.74) is 11.3. The highest BCUT2D eigenvalue weighted by Gasteiger charge is 2.16. The van der Waals surface area contributed by atoms with Gasteiger partial charge in [-0.3, -0.25) is 0 Å². The van der Waals surface area contributed by atoms with Gasteiger partial charge in [0.2, 0.25) is 0 Å². The molecule has 0 atom stereocenters. The van der Waals surface area contributed by atoms with E-state index in [4.69, 9.17) is 11.5 Å². The number of rotatable bonds is 7. The molecule has 2 nitrogen and oxygen atoms in total. The zero-order valence-electron chi connectivity index (χ0n) is 8.55. The molecule has 0 aliphatic heterocycles. The highest BCUT2D eigenvalue weighted by Crippen LogP contribution is 2.21. The van der Waals surface area contributed by atoms with Gasteiger partial charge in [0, 0.05) is 0 Å². The Labute approximate surface area is 76.7 Å². The van der Waals surface area contributed by atoms with Gasteiger partial charge in [-0.05, 0) is 24.9 Å². The maximum atomic E-state index is 5.66. The Kier molecular flexibility index (Phi) is 7.51. The largest absolute Gasteiger partial charge is 0.330 e. The van der Waals surface area contributed by atoms with Gasteiger partial charge in [0.15, 0.2) is 0 Å². The van der Waals surface area contributed by atoms with Crippen LogP contribution in [0.3, 0.4) is 0 Å². The van der Waals surface area contributed by atoms with Gasteiger partial charge in [-0.15, -0.1) is 0 Å². The summed E-state index contributed by atoms with van der Waals surface area (Å²) in [7, 11) is 0. The summed E-state index contributed by atoms with van der Waals surface area (Å²) < 4.78 is 0. The van der Waals surface area contributed by atoms with E-state index in [1.54, 1.807) is 0 Å². The normalized spacial score (nSPS) is 11.5. The summed E-state index contributed by atoms with van der Waals surface area (Å²) in [5, 5.41) is 0. The van der Waals surface area contributed by atoms with Gasteiger partial charge in [0.1, 0.15) is 0 Å². The molecule has 0 heterocycles. The van der Waals surface area contributed by atoms with Gasteiger partial charge in [0.05, 0.1) is 0 Å². The quantitative estimate of drug-likeness (QED) is 0.614. The van der Waals surface area contributed by atoms with Crippen molar-refractivity contribution in [3.63, 3.8) is 0 Å². The molecule has 0 saturated heterocycles. The Bertz CT molecular complexity index is 83.8. The minimum atomic E-state index is 0.546. The smallest absolute Gasteiger partial charge is 0.00341 e. The molecule has 0 aliphatic rings. The van der Waals surface area contributed by atoms with E-state index in [0.29, 0.717) is 5.92 Å². The second-order valence-electron chi connectivity index (χ2n) is 3.57. The molecule has 0 saturated carbocycles. The molecule has 0 radical (unpaired) electrons. The highest BCUT2D eigenvalue weighted by molar-refractivity contribution is 4.71. The second-order valence-corrected chi connectivity index (χ2v) is 3.57. The fourth-order valence-corrected chi connectivity index (χ4v) is 1.84. The van der Waals surface area contributed by atoms with Gasteiger partial charge in [-0.25, -0.2) is 0 Å². The molecular weight excluding hydrogens is 148 g/mol. The van der Waals surface area contributed by atoms with Crippen LogP contribution in [-0.2, 0) is 0 Å². The van der Waals surface area contributed by atoms with Crippen LogP contribution >= 0.6 is 0 Å². The molecule has 0 amide bonds. The van der Waals surface area contributed by atoms with E-state index >= 15 is 0 Å². The van der Waals surface area contributed by atoms with Crippen molar-refractivity contribution >= 4 is 0 Å².